The van der Waals surface area contributed by atoms with Crippen molar-refractivity contribution in [1.82, 2.24) is 4.98 Å². The number of halogens is 1. The average Bonchev–Trinajstić information content (AvgIpc) is 2.71. The standard InChI is InChI=1S/C11H11ClN2O2/c1-7-2-3-8(12)4-10(7)16-11-14-9(5-13)6-15-11/h2-4,6H,5,13H2,1H3. The highest BCUT2D eigenvalue weighted by Crippen LogP contribution is 2.27. The first-order valence-electron chi connectivity index (χ1n) is 4.77. The summed E-state index contributed by atoms with van der Waals surface area (Å²) in [5.74, 6) is 0.623. The molecule has 0 aliphatic heterocycles. The van der Waals surface area contributed by atoms with Gasteiger partial charge in [0.1, 0.15) is 12.0 Å². The summed E-state index contributed by atoms with van der Waals surface area (Å²) in [5, 5.41) is 0.603. The van der Waals surface area contributed by atoms with E-state index in [0.29, 0.717) is 23.0 Å². The fourth-order valence-electron chi connectivity index (χ4n) is 1.21. The van der Waals surface area contributed by atoms with Crippen molar-refractivity contribution in [2.45, 2.75) is 13.5 Å². The summed E-state index contributed by atoms with van der Waals surface area (Å²) in [4.78, 5) is 4.04. The predicted octanol–water partition coefficient (Wildman–Crippen LogP) is 2.89. The molecule has 0 saturated heterocycles. The van der Waals surface area contributed by atoms with Crippen LogP contribution in [0.1, 0.15) is 11.3 Å². The molecule has 1 aromatic carbocycles. The van der Waals surface area contributed by atoms with E-state index in [0.717, 1.165) is 5.56 Å². The zero-order valence-corrected chi connectivity index (χ0v) is 9.49. The molecule has 5 heteroatoms. The Kier molecular flexibility index (Phi) is 3.12. The third kappa shape index (κ3) is 2.35. The van der Waals surface area contributed by atoms with Gasteiger partial charge in [-0.25, -0.2) is 0 Å². The molecule has 0 aliphatic rings. The molecule has 1 aromatic heterocycles. The lowest BCUT2D eigenvalue weighted by atomic mass is 10.2. The molecule has 2 N–H and O–H groups in total. The minimum absolute atomic E-state index is 0.172. The van der Waals surface area contributed by atoms with Gasteiger partial charge in [-0.15, -0.1) is 0 Å². The maximum Gasteiger partial charge on any atom is 0.399 e. The Morgan fingerprint density at radius 3 is 3.00 bits per heavy atom. The predicted molar refractivity (Wildman–Crippen MR) is 60.7 cm³/mol. The number of hydrogen-bond donors (Lipinski definition) is 1. The van der Waals surface area contributed by atoms with Crippen LogP contribution in [0.3, 0.4) is 0 Å². The molecular weight excluding hydrogens is 228 g/mol. The topological polar surface area (TPSA) is 61.3 Å². The summed E-state index contributed by atoms with van der Waals surface area (Å²) in [6.45, 7) is 2.24. The van der Waals surface area contributed by atoms with Crippen LogP contribution in [0.5, 0.6) is 11.8 Å². The first-order valence-corrected chi connectivity index (χ1v) is 5.15. The number of hydrogen-bond acceptors (Lipinski definition) is 4. The van der Waals surface area contributed by atoms with Gasteiger partial charge in [0.15, 0.2) is 0 Å². The van der Waals surface area contributed by atoms with Crippen molar-refractivity contribution in [2.75, 3.05) is 0 Å². The van der Waals surface area contributed by atoms with Gasteiger partial charge in [-0.2, -0.15) is 4.98 Å². The SMILES string of the molecule is Cc1ccc(Cl)cc1Oc1nc(CN)co1. The van der Waals surface area contributed by atoms with Crippen LogP contribution in [0, 0.1) is 6.92 Å². The minimum atomic E-state index is 0.172. The molecule has 0 radical (unpaired) electrons. The summed E-state index contributed by atoms with van der Waals surface area (Å²) in [5.41, 5.74) is 7.01. The smallest absolute Gasteiger partial charge is 0.399 e. The summed E-state index contributed by atoms with van der Waals surface area (Å²) >= 11 is 5.86. The molecule has 4 nitrogen and oxygen atoms in total. The van der Waals surface area contributed by atoms with Gasteiger partial charge in [-0.05, 0) is 24.6 Å². The summed E-state index contributed by atoms with van der Waals surface area (Å²) in [6, 6.07) is 5.37. The van der Waals surface area contributed by atoms with Gasteiger partial charge in [0.25, 0.3) is 0 Å². The van der Waals surface area contributed by atoms with Gasteiger partial charge in [-0.3, -0.25) is 0 Å². The van der Waals surface area contributed by atoms with E-state index in [-0.39, 0.29) is 6.08 Å². The zero-order chi connectivity index (χ0) is 11.5. The zero-order valence-electron chi connectivity index (χ0n) is 8.74. The summed E-state index contributed by atoms with van der Waals surface area (Å²) < 4.78 is 10.6. The van der Waals surface area contributed by atoms with Crippen LogP contribution in [0.25, 0.3) is 0 Å². The molecule has 0 bridgehead atoms. The molecule has 0 atom stereocenters. The van der Waals surface area contributed by atoms with E-state index in [1.807, 2.05) is 13.0 Å². The number of oxazole rings is 1. The van der Waals surface area contributed by atoms with Crippen LogP contribution in [0.15, 0.2) is 28.9 Å². The Morgan fingerprint density at radius 1 is 1.50 bits per heavy atom. The highest BCUT2D eigenvalue weighted by molar-refractivity contribution is 6.30. The van der Waals surface area contributed by atoms with Crippen molar-refractivity contribution >= 4 is 11.6 Å². The Hall–Kier alpha value is -1.52. The Morgan fingerprint density at radius 2 is 2.31 bits per heavy atom. The van der Waals surface area contributed by atoms with Crippen molar-refractivity contribution in [2.24, 2.45) is 5.73 Å². The number of nitrogens with zero attached hydrogens (tertiary/aromatic N) is 1. The molecular formula is C11H11ClN2O2. The van der Waals surface area contributed by atoms with E-state index in [2.05, 4.69) is 4.98 Å². The van der Waals surface area contributed by atoms with Crippen molar-refractivity contribution in [3.05, 3.63) is 40.7 Å². The Bertz CT molecular complexity index is 496. The maximum absolute atomic E-state index is 5.86. The minimum Gasteiger partial charge on any atom is -0.417 e. The molecule has 0 amide bonds. The third-order valence-electron chi connectivity index (χ3n) is 2.09. The molecule has 2 rings (SSSR count). The van der Waals surface area contributed by atoms with Gasteiger partial charge >= 0.3 is 6.08 Å². The van der Waals surface area contributed by atoms with Crippen molar-refractivity contribution in [3.63, 3.8) is 0 Å². The fraction of sp³-hybridized carbons (Fsp3) is 0.182. The van der Waals surface area contributed by atoms with Crippen molar-refractivity contribution in [1.29, 1.82) is 0 Å². The van der Waals surface area contributed by atoms with Gasteiger partial charge in [0.05, 0.1) is 5.69 Å². The normalized spacial score (nSPS) is 10.4. The molecule has 0 unspecified atom stereocenters. The first kappa shape index (κ1) is 11.0. The average molecular weight is 239 g/mol. The van der Waals surface area contributed by atoms with Gasteiger partial charge in [0, 0.05) is 11.6 Å². The second-order valence-electron chi connectivity index (χ2n) is 3.32. The monoisotopic (exact) mass is 238 g/mol. The number of benzene rings is 1. The molecule has 0 fully saturated rings. The van der Waals surface area contributed by atoms with Gasteiger partial charge in [0.2, 0.25) is 0 Å². The van der Waals surface area contributed by atoms with Crippen LogP contribution < -0.4 is 10.5 Å². The molecule has 0 spiro atoms. The van der Waals surface area contributed by atoms with Crippen LogP contribution in [0.2, 0.25) is 5.02 Å². The van der Waals surface area contributed by atoms with Crippen LogP contribution >= 0.6 is 11.6 Å². The summed E-state index contributed by atoms with van der Waals surface area (Å²) in [7, 11) is 0. The highest BCUT2D eigenvalue weighted by atomic mass is 35.5. The van der Waals surface area contributed by atoms with Crippen LogP contribution in [-0.2, 0) is 6.54 Å². The number of rotatable bonds is 3. The van der Waals surface area contributed by atoms with Crippen molar-refractivity contribution in [3.8, 4) is 11.8 Å². The lowest BCUT2D eigenvalue weighted by Gasteiger charge is -2.04. The van der Waals surface area contributed by atoms with Crippen LogP contribution in [0.4, 0.5) is 0 Å². The Labute approximate surface area is 98.0 Å². The van der Waals surface area contributed by atoms with Gasteiger partial charge < -0.3 is 14.9 Å². The number of ether oxygens (including phenoxy) is 1. The summed E-state index contributed by atoms with van der Waals surface area (Å²) in [6.07, 6.45) is 1.64. The molecule has 0 saturated carbocycles. The number of aromatic nitrogens is 1. The maximum atomic E-state index is 5.86. The second-order valence-corrected chi connectivity index (χ2v) is 3.76. The molecule has 0 aliphatic carbocycles. The number of aryl methyl sites for hydroxylation is 1. The molecule has 1 heterocycles. The molecule has 84 valence electrons. The van der Waals surface area contributed by atoms with Gasteiger partial charge in [-0.1, -0.05) is 17.7 Å². The van der Waals surface area contributed by atoms with E-state index in [1.54, 1.807) is 12.1 Å². The van der Waals surface area contributed by atoms with E-state index in [9.17, 15) is 0 Å². The third-order valence-corrected chi connectivity index (χ3v) is 2.32. The largest absolute Gasteiger partial charge is 0.417 e. The first-order chi connectivity index (χ1) is 7.69. The van der Waals surface area contributed by atoms with Crippen molar-refractivity contribution < 1.29 is 9.15 Å². The van der Waals surface area contributed by atoms with E-state index < -0.39 is 0 Å². The lowest BCUT2D eigenvalue weighted by Crippen LogP contribution is -1.96. The van der Waals surface area contributed by atoms with Crippen LogP contribution in [-0.4, -0.2) is 4.98 Å². The lowest BCUT2D eigenvalue weighted by molar-refractivity contribution is 0.329. The van der Waals surface area contributed by atoms with E-state index in [1.165, 1.54) is 6.26 Å². The number of nitrogens with two attached hydrogens (primary N) is 1. The molecule has 16 heavy (non-hydrogen) atoms. The highest BCUT2D eigenvalue weighted by Gasteiger charge is 2.07. The van der Waals surface area contributed by atoms with E-state index >= 15 is 0 Å². The molecule has 2 aromatic rings. The fourth-order valence-corrected chi connectivity index (χ4v) is 1.37. The second kappa shape index (κ2) is 4.55. The van der Waals surface area contributed by atoms with E-state index in [4.69, 9.17) is 26.5 Å². The quantitative estimate of drug-likeness (QED) is 0.893. The Balaban J connectivity index is 2.22.